The Kier molecular flexibility index (Phi) is 5.98. The summed E-state index contributed by atoms with van der Waals surface area (Å²) in [5.41, 5.74) is 9.01. The Balaban J connectivity index is 1.29. The zero-order valence-corrected chi connectivity index (χ0v) is 19.3. The molecule has 33 heavy (non-hydrogen) atoms. The van der Waals surface area contributed by atoms with E-state index in [0.717, 1.165) is 0 Å². The van der Waals surface area contributed by atoms with Crippen LogP contribution in [0.4, 0.5) is 5.95 Å². The molecule has 0 bridgehead atoms. The van der Waals surface area contributed by atoms with Gasteiger partial charge in [0.05, 0.1) is 37.9 Å². The predicted molar refractivity (Wildman–Crippen MR) is 118 cm³/mol. The fourth-order valence-electron chi connectivity index (χ4n) is 4.17. The highest BCUT2D eigenvalue weighted by atomic mass is 31.2. The van der Waals surface area contributed by atoms with Gasteiger partial charge in [-0.05, 0) is 18.6 Å². The Morgan fingerprint density at radius 3 is 2.97 bits per heavy atom. The molecule has 174 valence electrons. The number of imidazole rings is 1. The van der Waals surface area contributed by atoms with Crippen molar-refractivity contribution in [3.05, 3.63) is 47.4 Å². The molecule has 2 unspecified atom stereocenters. The van der Waals surface area contributed by atoms with E-state index in [9.17, 15) is 4.79 Å². The minimum absolute atomic E-state index is 0.0243. The maximum Gasteiger partial charge on any atom is 0.338 e. The standard InChI is InChI=1S/C21H24N5O6P/c1-11-17-15(31-19(11)26-10-23-16-12(2)24-21(22)25-18(16)26)9-30-33(32-17)29-8-13-6-4-5-7-14(13)20(27)28-3/h4-7,10-11,15,17,19H,8-9H2,1-3H3,(H2,22,24,25)/t11?,15-,17+,19-,33?/m1/s1. The zero-order valence-electron chi connectivity index (χ0n) is 18.4. The Bertz CT molecular complexity index is 1190. The third-order valence-corrected chi connectivity index (χ3v) is 6.95. The number of methoxy groups -OCH3 is 1. The lowest BCUT2D eigenvalue weighted by molar-refractivity contribution is -0.0610. The van der Waals surface area contributed by atoms with Gasteiger partial charge in [-0.2, -0.15) is 4.98 Å². The van der Waals surface area contributed by atoms with Crippen LogP contribution in [0.15, 0.2) is 30.6 Å². The monoisotopic (exact) mass is 473 g/mol. The van der Waals surface area contributed by atoms with Crippen LogP contribution in [0.5, 0.6) is 0 Å². The van der Waals surface area contributed by atoms with Gasteiger partial charge in [0.1, 0.15) is 24.0 Å². The predicted octanol–water partition coefficient (Wildman–Crippen LogP) is 2.90. The van der Waals surface area contributed by atoms with Gasteiger partial charge in [-0.25, -0.2) is 14.8 Å². The average molecular weight is 473 g/mol. The molecule has 2 fully saturated rings. The summed E-state index contributed by atoms with van der Waals surface area (Å²) < 4.78 is 30.8. The number of carbonyl (C=O) groups excluding carboxylic acids is 1. The van der Waals surface area contributed by atoms with Crippen LogP contribution in [0.2, 0.25) is 0 Å². The number of anilines is 1. The smallest absolute Gasteiger partial charge is 0.338 e. The number of fused-ring (bicyclic) bond motifs is 2. The van der Waals surface area contributed by atoms with Crippen LogP contribution >= 0.6 is 8.60 Å². The zero-order chi connectivity index (χ0) is 23.1. The molecule has 0 saturated carbocycles. The minimum Gasteiger partial charge on any atom is -0.465 e. The lowest BCUT2D eigenvalue weighted by atomic mass is 10.0. The molecule has 2 aliphatic heterocycles. The highest BCUT2D eigenvalue weighted by Crippen LogP contribution is 2.52. The molecule has 0 spiro atoms. The van der Waals surface area contributed by atoms with Crippen LogP contribution in [0.25, 0.3) is 11.2 Å². The molecule has 11 nitrogen and oxygen atoms in total. The largest absolute Gasteiger partial charge is 0.465 e. The van der Waals surface area contributed by atoms with E-state index in [1.54, 1.807) is 18.5 Å². The van der Waals surface area contributed by atoms with E-state index in [0.29, 0.717) is 34.6 Å². The van der Waals surface area contributed by atoms with Gasteiger partial charge in [0, 0.05) is 5.92 Å². The summed E-state index contributed by atoms with van der Waals surface area (Å²) in [7, 11) is -0.266. The molecule has 2 aromatic heterocycles. The van der Waals surface area contributed by atoms with Gasteiger partial charge in [0.15, 0.2) is 5.65 Å². The maximum atomic E-state index is 12.0. The Hall–Kier alpha value is -2.69. The fourth-order valence-corrected chi connectivity index (χ4v) is 5.41. The van der Waals surface area contributed by atoms with E-state index in [-0.39, 0.29) is 36.9 Å². The first-order valence-electron chi connectivity index (χ1n) is 10.5. The molecule has 5 rings (SSSR count). The van der Waals surface area contributed by atoms with Crippen molar-refractivity contribution in [2.45, 2.75) is 38.9 Å². The molecule has 4 heterocycles. The number of carbonyl (C=O) groups is 1. The second kappa shape index (κ2) is 8.92. The van der Waals surface area contributed by atoms with Crippen molar-refractivity contribution >= 4 is 31.7 Å². The molecule has 1 aromatic carbocycles. The lowest BCUT2D eigenvalue weighted by Gasteiger charge is -2.30. The number of nitrogen functional groups attached to an aromatic ring is 1. The summed E-state index contributed by atoms with van der Waals surface area (Å²) in [4.78, 5) is 25.0. The van der Waals surface area contributed by atoms with Crippen LogP contribution in [0.3, 0.4) is 0 Å². The molecular weight excluding hydrogens is 449 g/mol. The second-order valence-electron chi connectivity index (χ2n) is 7.93. The van der Waals surface area contributed by atoms with Gasteiger partial charge in [0.25, 0.3) is 0 Å². The Labute approximate surface area is 191 Å². The summed E-state index contributed by atoms with van der Waals surface area (Å²) in [5.74, 6) is -0.252. The van der Waals surface area contributed by atoms with E-state index in [4.69, 9.17) is 28.8 Å². The van der Waals surface area contributed by atoms with E-state index >= 15 is 0 Å². The normalized spacial score (nSPS) is 26.9. The summed E-state index contributed by atoms with van der Waals surface area (Å²) in [6.07, 6.45) is 0.849. The molecule has 2 saturated heterocycles. The van der Waals surface area contributed by atoms with Crippen LogP contribution in [0.1, 0.15) is 34.8 Å². The number of esters is 1. The SMILES string of the molecule is COC(=O)c1ccccc1COP1OC[C@H]2O[C@@H](n3cnc4c(C)nc(N)nc43)C(C)[C@@H]2O1. The van der Waals surface area contributed by atoms with E-state index in [1.807, 2.05) is 30.5 Å². The fraction of sp³-hybridized carbons (Fsp3) is 0.429. The first-order valence-corrected chi connectivity index (χ1v) is 11.6. The van der Waals surface area contributed by atoms with Gasteiger partial charge < -0.3 is 28.8 Å². The van der Waals surface area contributed by atoms with E-state index in [2.05, 4.69) is 15.0 Å². The van der Waals surface area contributed by atoms with Gasteiger partial charge in [-0.15, -0.1) is 0 Å². The van der Waals surface area contributed by atoms with Crippen molar-refractivity contribution in [3.63, 3.8) is 0 Å². The van der Waals surface area contributed by atoms with Crippen molar-refractivity contribution in [3.8, 4) is 0 Å². The van der Waals surface area contributed by atoms with Crippen molar-refractivity contribution < 1.29 is 27.8 Å². The highest BCUT2D eigenvalue weighted by molar-refractivity contribution is 7.41. The number of nitrogens with zero attached hydrogens (tertiary/aromatic N) is 4. The van der Waals surface area contributed by atoms with Gasteiger partial charge >= 0.3 is 14.6 Å². The minimum atomic E-state index is -1.61. The van der Waals surface area contributed by atoms with Crippen molar-refractivity contribution in [1.82, 2.24) is 19.5 Å². The lowest BCUT2D eigenvalue weighted by Crippen LogP contribution is -2.35. The average Bonchev–Trinajstić information content (AvgIpc) is 3.38. The molecule has 2 aliphatic rings. The van der Waals surface area contributed by atoms with Crippen molar-refractivity contribution in [1.29, 1.82) is 0 Å². The number of hydrogen-bond donors (Lipinski definition) is 1. The second-order valence-corrected chi connectivity index (χ2v) is 9.10. The first kappa shape index (κ1) is 22.1. The molecule has 3 aromatic rings. The maximum absolute atomic E-state index is 12.0. The van der Waals surface area contributed by atoms with Crippen molar-refractivity contribution in [2.75, 3.05) is 19.5 Å². The molecule has 5 atom stereocenters. The number of aromatic nitrogens is 4. The third-order valence-electron chi connectivity index (χ3n) is 5.84. The van der Waals surface area contributed by atoms with Gasteiger partial charge in [-0.1, -0.05) is 25.1 Å². The van der Waals surface area contributed by atoms with Crippen LogP contribution < -0.4 is 5.73 Å². The highest BCUT2D eigenvalue weighted by Gasteiger charge is 2.49. The van der Waals surface area contributed by atoms with Gasteiger partial charge in [0.2, 0.25) is 5.95 Å². The number of ether oxygens (including phenoxy) is 2. The number of rotatable bonds is 5. The van der Waals surface area contributed by atoms with E-state index in [1.165, 1.54) is 7.11 Å². The summed E-state index contributed by atoms with van der Waals surface area (Å²) >= 11 is 0. The molecular formula is C21H24N5O6P. The topological polar surface area (TPSA) is 133 Å². The summed E-state index contributed by atoms with van der Waals surface area (Å²) in [6, 6.07) is 7.12. The molecule has 12 heteroatoms. The van der Waals surface area contributed by atoms with E-state index < -0.39 is 14.6 Å². The van der Waals surface area contributed by atoms with Crippen LogP contribution in [-0.2, 0) is 29.7 Å². The molecule has 0 aliphatic carbocycles. The quantitative estimate of drug-likeness (QED) is 0.436. The number of hydrogen-bond acceptors (Lipinski definition) is 10. The number of nitrogens with two attached hydrogens (primary N) is 1. The van der Waals surface area contributed by atoms with Gasteiger partial charge in [-0.3, -0.25) is 4.57 Å². The first-order chi connectivity index (χ1) is 16.0. The molecule has 0 amide bonds. The Morgan fingerprint density at radius 2 is 2.15 bits per heavy atom. The number of benzene rings is 1. The third kappa shape index (κ3) is 4.07. The molecule has 0 radical (unpaired) electrons. The number of aryl methyl sites for hydroxylation is 1. The Morgan fingerprint density at radius 1 is 1.33 bits per heavy atom. The summed E-state index contributed by atoms with van der Waals surface area (Å²) in [5, 5.41) is 0. The summed E-state index contributed by atoms with van der Waals surface area (Å²) in [6.45, 7) is 4.38. The molecule has 2 N–H and O–H groups in total. The van der Waals surface area contributed by atoms with Crippen molar-refractivity contribution in [2.24, 2.45) is 5.92 Å². The van der Waals surface area contributed by atoms with Crippen LogP contribution in [0, 0.1) is 12.8 Å². The van der Waals surface area contributed by atoms with Crippen LogP contribution in [-0.4, -0.2) is 51.4 Å².